The average Bonchev–Trinajstić information content (AvgIpc) is 3.18. The number of nitrogens with zero attached hydrogens (tertiary/aromatic N) is 5. The number of carbonyl (C=O) groups is 1. The van der Waals surface area contributed by atoms with Gasteiger partial charge in [-0.1, -0.05) is 0 Å². The SMILES string of the molecule is COCCCn1cnnc1C(C)NC(=O)N(C)Cc1nccs1. The number of amides is 2. The van der Waals surface area contributed by atoms with Gasteiger partial charge in [-0.3, -0.25) is 0 Å². The fourth-order valence-electron chi connectivity index (χ4n) is 2.12. The second-order valence-electron chi connectivity index (χ2n) is 5.18. The molecule has 0 spiro atoms. The molecule has 8 nitrogen and oxygen atoms in total. The van der Waals surface area contributed by atoms with Crippen molar-refractivity contribution in [3.05, 3.63) is 28.7 Å². The van der Waals surface area contributed by atoms with Crippen LogP contribution in [0.15, 0.2) is 17.9 Å². The molecule has 23 heavy (non-hydrogen) atoms. The molecule has 0 aliphatic rings. The first kappa shape index (κ1) is 17.4. The zero-order valence-electron chi connectivity index (χ0n) is 13.6. The van der Waals surface area contributed by atoms with Crippen LogP contribution in [0.3, 0.4) is 0 Å². The van der Waals surface area contributed by atoms with E-state index in [4.69, 9.17) is 4.74 Å². The van der Waals surface area contributed by atoms with E-state index >= 15 is 0 Å². The molecule has 2 rings (SSSR count). The molecule has 0 bridgehead atoms. The maximum absolute atomic E-state index is 12.3. The van der Waals surface area contributed by atoms with E-state index in [0.29, 0.717) is 13.2 Å². The molecule has 2 aromatic heterocycles. The summed E-state index contributed by atoms with van der Waals surface area (Å²) < 4.78 is 6.99. The van der Waals surface area contributed by atoms with Crippen LogP contribution in [-0.2, 0) is 17.8 Å². The fraction of sp³-hybridized carbons (Fsp3) is 0.571. The van der Waals surface area contributed by atoms with Crippen LogP contribution in [0.4, 0.5) is 4.79 Å². The highest BCUT2D eigenvalue weighted by atomic mass is 32.1. The Hall–Kier alpha value is -2.00. The van der Waals surface area contributed by atoms with Gasteiger partial charge < -0.3 is 19.5 Å². The lowest BCUT2D eigenvalue weighted by Gasteiger charge is -2.20. The van der Waals surface area contributed by atoms with Gasteiger partial charge in [0.15, 0.2) is 5.82 Å². The number of hydrogen-bond donors (Lipinski definition) is 1. The molecule has 0 saturated carbocycles. The lowest BCUT2D eigenvalue weighted by Crippen LogP contribution is -2.38. The quantitative estimate of drug-likeness (QED) is 0.740. The Morgan fingerprint density at radius 1 is 1.57 bits per heavy atom. The van der Waals surface area contributed by atoms with E-state index in [9.17, 15) is 4.79 Å². The number of aryl methyl sites for hydroxylation is 1. The van der Waals surface area contributed by atoms with Crippen molar-refractivity contribution in [3.8, 4) is 0 Å². The first-order valence-electron chi connectivity index (χ1n) is 7.38. The Morgan fingerprint density at radius 3 is 3.09 bits per heavy atom. The first-order chi connectivity index (χ1) is 11.1. The lowest BCUT2D eigenvalue weighted by molar-refractivity contribution is 0.189. The molecule has 2 heterocycles. The van der Waals surface area contributed by atoms with Gasteiger partial charge in [-0.25, -0.2) is 9.78 Å². The first-order valence-corrected chi connectivity index (χ1v) is 8.26. The van der Waals surface area contributed by atoms with Gasteiger partial charge in [0.05, 0.1) is 12.6 Å². The zero-order chi connectivity index (χ0) is 16.7. The molecule has 0 saturated heterocycles. The van der Waals surface area contributed by atoms with Crippen molar-refractivity contribution in [2.75, 3.05) is 20.8 Å². The number of nitrogens with one attached hydrogen (secondary N) is 1. The monoisotopic (exact) mass is 338 g/mol. The second-order valence-corrected chi connectivity index (χ2v) is 6.16. The number of ether oxygens (including phenoxy) is 1. The number of aromatic nitrogens is 4. The highest BCUT2D eigenvalue weighted by Crippen LogP contribution is 2.11. The second kappa shape index (κ2) is 8.59. The Kier molecular flexibility index (Phi) is 6.48. The Labute approximate surface area is 139 Å². The lowest BCUT2D eigenvalue weighted by atomic mass is 10.3. The van der Waals surface area contributed by atoms with Gasteiger partial charge in [-0.2, -0.15) is 0 Å². The zero-order valence-corrected chi connectivity index (χ0v) is 14.4. The van der Waals surface area contributed by atoms with Crippen LogP contribution in [0, 0.1) is 0 Å². The Bertz CT molecular complexity index is 600. The van der Waals surface area contributed by atoms with Crippen molar-refractivity contribution < 1.29 is 9.53 Å². The van der Waals surface area contributed by atoms with Gasteiger partial charge in [-0.05, 0) is 13.3 Å². The van der Waals surface area contributed by atoms with Crippen LogP contribution < -0.4 is 5.32 Å². The van der Waals surface area contributed by atoms with Crippen LogP contribution >= 0.6 is 11.3 Å². The average molecular weight is 338 g/mol. The number of thiazole rings is 1. The van der Waals surface area contributed by atoms with Crippen molar-refractivity contribution in [2.45, 2.75) is 32.5 Å². The minimum Gasteiger partial charge on any atom is -0.385 e. The summed E-state index contributed by atoms with van der Waals surface area (Å²) >= 11 is 1.53. The molecule has 0 aromatic carbocycles. The van der Waals surface area contributed by atoms with Crippen molar-refractivity contribution in [1.29, 1.82) is 0 Å². The van der Waals surface area contributed by atoms with Crippen LogP contribution in [0.25, 0.3) is 0 Å². The largest absolute Gasteiger partial charge is 0.385 e. The molecule has 1 atom stereocenters. The van der Waals surface area contributed by atoms with Crippen molar-refractivity contribution in [2.24, 2.45) is 0 Å². The van der Waals surface area contributed by atoms with E-state index in [0.717, 1.165) is 23.8 Å². The maximum Gasteiger partial charge on any atom is 0.318 e. The normalized spacial score (nSPS) is 12.1. The molecule has 0 fully saturated rings. The molecule has 1 N–H and O–H groups in total. The third-order valence-corrected chi connectivity index (χ3v) is 4.09. The van der Waals surface area contributed by atoms with Crippen LogP contribution in [0.2, 0.25) is 0 Å². The van der Waals surface area contributed by atoms with E-state index in [2.05, 4.69) is 20.5 Å². The molecular weight excluding hydrogens is 316 g/mol. The molecule has 0 aliphatic heterocycles. The summed E-state index contributed by atoms with van der Waals surface area (Å²) in [5, 5.41) is 13.8. The minimum atomic E-state index is -0.230. The van der Waals surface area contributed by atoms with Gasteiger partial charge >= 0.3 is 6.03 Å². The highest BCUT2D eigenvalue weighted by molar-refractivity contribution is 7.09. The fourth-order valence-corrected chi connectivity index (χ4v) is 2.79. The van der Waals surface area contributed by atoms with E-state index < -0.39 is 0 Å². The van der Waals surface area contributed by atoms with Gasteiger partial charge in [0.25, 0.3) is 0 Å². The maximum atomic E-state index is 12.3. The number of methoxy groups -OCH3 is 1. The van der Waals surface area contributed by atoms with Crippen LogP contribution in [0.1, 0.15) is 30.2 Å². The third-order valence-electron chi connectivity index (χ3n) is 3.32. The minimum absolute atomic E-state index is 0.167. The van der Waals surface area contributed by atoms with E-state index in [1.165, 1.54) is 11.3 Å². The summed E-state index contributed by atoms with van der Waals surface area (Å²) in [6.45, 7) is 3.81. The molecule has 2 aromatic rings. The molecule has 0 radical (unpaired) electrons. The standard InChI is InChI=1S/C14H22N6O2S/c1-11(13-18-16-10-20(13)6-4-7-22-3)17-14(21)19(2)9-12-15-5-8-23-12/h5,8,10-11H,4,6-7,9H2,1-3H3,(H,17,21). The summed E-state index contributed by atoms with van der Waals surface area (Å²) in [5.41, 5.74) is 0. The summed E-state index contributed by atoms with van der Waals surface area (Å²) in [4.78, 5) is 18.0. The molecule has 126 valence electrons. The van der Waals surface area contributed by atoms with Gasteiger partial charge in [0, 0.05) is 38.9 Å². The highest BCUT2D eigenvalue weighted by Gasteiger charge is 2.18. The smallest absolute Gasteiger partial charge is 0.318 e. The van der Waals surface area contributed by atoms with Crippen LogP contribution in [0.5, 0.6) is 0 Å². The predicted octanol–water partition coefficient (Wildman–Crippen LogP) is 1.67. The van der Waals surface area contributed by atoms with Gasteiger partial charge in [0.2, 0.25) is 0 Å². The summed E-state index contributed by atoms with van der Waals surface area (Å²) in [6.07, 6.45) is 4.27. The predicted molar refractivity (Wildman–Crippen MR) is 87.0 cm³/mol. The summed E-state index contributed by atoms with van der Waals surface area (Å²) in [7, 11) is 3.42. The van der Waals surface area contributed by atoms with Crippen molar-refractivity contribution >= 4 is 17.4 Å². The summed E-state index contributed by atoms with van der Waals surface area (Å²) in [6, 6.07) is -0.398. The number of urea groups is 1. The van der Waals surface area contributed by atoms with Crippen molar-refractivity contribution in [1.82, 2.24) is 30.0 Å². The van der Waals surface area contributed by atoms with Crippen LogP contribution in [-0.4, -0.2) is 51.4 Å². The Morgan fingerprint density at radius 2 is 2.39 bits per heavy atom. The number of hydrogen-bond acceptors (Lipinski definition) is 6. The molecule has 2 amide bonds. The summed E-state index contributed by atoms with van der Waals surface area (Å²) in [5.74, 6) is 0.733. The van der Waals surface area contributed by atoms with E-state index in [1.54, 1.807) is 31.6 Å². The third kappa shape index (κ3) is 5.00. The Balaban J connectivity index is 1.89. The van der Waals surface area contributed by atoms with Gasteiger partial charge in [-0.15, -0.1) is 21.5 Å². The number of carbonyl (C=O) groups excluding carboxylic acids is 1. The van der Waals surface area contributed by atoms with E-state index in [-0.39, 0.29) is 12.1 Å². The van der Waals surface area contributed by atoms with E-state index in [1.807, 2.05) is 16.9 Å². The number of rotatable bonds is 8. The topological polar surface area (TPSA) is 85.2 Å². The molecule has 9 heteroatoms. The molecule has 0 aliphatic carbocycles. The van der Waals surface area contributed by atoms with Gasteiger partial charge in [0.1, 0.15) is 11.3 Å². The molecular formula is C14H22N6O2S. The van der Waals surface area contributed by atoms with Crippen molar-refractivity contribution in [3.63, 3.8) is 0 Å². The molecule has 1 unspecified atom stereocenters.